The van der Waals surface area contributed by atoms with Crippen LogP contribution in [0.15, 0.2) is 48.8 Å². The maximum atomic E-state index is 12.5. The van der Waals surface area contributed by atoms with Crippen molar-refractivity contribution in [1.29, 1.82) is 0 Å². The lowest BCUT2D eigenvalue weighted by Gasteiger charge is -2.32. The first-order valence-corrected chi connectivity index (χ1v) is 8.20. The van der Waals surface area contributed by atoms with Gasteiger partial charge >= 0.3 is 0 Å². The minimum absolute atomic E-state index is 0.00300. The molecule has 1 amide bonds. The van der Waals surface area contributed by atoms with Gasteiger partial charge in [-0.15, -0.1) is 0 Å². The van der Waals surface area contributed by atoms with Gasteiger partial charge in [-0.1, -0.05) is 12.1 Å². The second-order valence-corrected chi connectivity index (χ2v) is 6.09. The van der Waals surface area contributed by atoms with Crippen LogP contribution in [0, 0.1) is 5.92 Å². The molecule has 5 nitrogen and oxygen atoms in total. The van der Waals surface area contributed by atoms with E-state index in [0.717, 1.165) is 31.6 Å². The van der Waals surface area contributed by atoms with E-state index in [0.29, 0.717) is 11.3 Å². The molecule has 0 atom stereocenters. The van der Waals surface area contributed by atoms with Crippen molar-refractivity contribution in [3.05, 3.63) is 54.4 Å². The molecule has 2 heterocycles. The Morgan fingerprint density at radius 2 is 1.83 bits per heavy atom. The summed E-state index contributed by atoms with van der Waals surface area (Å²) in [6.45, 7) is 3.24. The van der Waals surface area contributed by atoms with Crippen LogP contribution in [0.1, 0.15) is 30.1 Å². The van der Waals surface area contributed by atoms with Crippen molar-refractivity contribution in [3.63, 3.8) is 0 Å². The lowest BCUT2D eigenvalue weighted by atomic mass is 9.95. The van der Waals surface area contributed by atoms with Crippen LogP contribution >= 0.6 is 0 Å². The number of aromatic nitrogens is 1. The summed E-state index contributed by atoms with van der Waals surface area (Å²) in [5.41, 5.74) is 2.45. The fourth-order valence-corrected chi connectivity index (χ4v) is 3.02. The Kier molecular flexibility index (Phi) is 4.89. The number of hydrogen-bond acceptors (Lipinski definition) is 4. The van der Waals surface area contributed by atoms with Gasteiger partial charge in [0.1, 0.15) is 0 Å². The Balaban J connectivity index is 1.57. The molecule has 1 aliphatic heterocycles. The Bertz CT molecular complexity index is 722. The number of nitrogens with zero attached hydrogens (tertiary/aromatic N) is 2. The molecule has 24 heavy (non-hydrogen) atoms. The minimum Gasteiger partial charge on any atom is -0.371 e. The molecule has 1 aliphatic rings. The molecule has 0 radical (unpaired) electrons. The molecule has 0 bridgehead atoms. The average molecular weight is 323 g/mol. The first-order chi connectivity index (χ1) is 11.6. The molecule has 2 aromatic rings. The third kappa shape index (κ3) is 3.79. The van der Waals surface area contributed by atoms with E-state index in [1.807, 2.05) is 18.2 Å². The zero-order chi connectivity index (χ0) is 16.9. The summed E-state index contributed by atoms with van der Waals surface area (Å²) >= 11 is 0. The minimum atomic E-state index is -0.00300. The van der Waals surface area contributed by atoms with E-state index in [9.17, 15) is 9.59 Å². The largest absolute Gasteiger partial charge is 0.371 e. The zero-order valence-electron chi connectivity index (χ0n) is 13.7. The predicted octanol–water partition coefficient (Wildman–Crippen LogP) is 3.14. The van der Waals surface area contributed by atoms with Gasteiger partial charge in [-0.25, -0.2) is 0 Å². The van der Waals surface area contributed by atoms with Crippen LogP contribution < -0.4 is 10.2 Å². The van der Waals surface area contributed by atoms with E-state index in [-0.39, 0.29) is 17.6 Å². The molecule has 1 N–H and O–H groups in total. The highest BCUT2D eigenvalue weighted by atomic mass is 16.2. The van der Waals surface area contributed by atoms with Gasteiger partial charge in [-0.2, -0.15) is 0 Å². The summed E-state index contributed by atoms with van der Waals surface area (Å²) in [6.07, 6.45) is 5.22. The molecule has 1 aromatic heterocycles. The van der Waals surface area contributed by atoms with Crippen LogP contribution in [-0.4, -0.2) is 29.8 Å². The van der Waals surface area contributed by atoms with E-state index >= 15 is 0 Å². The third-order valence-corrected chi connectivity index (χ3v) is 4.43. The maximum Gasteiger partial charge on any atom is 0.227 e. The van der Waals surface area contributed by atoms with Crippen LogP contribution in [-0.2, 0) is 4.79 Å². The SMILES string of the molecule is CC(=O)c1cccc(NC(=O)C2CCN(c3ccncc3)CC2)c1. The molecular weight excluding hydrogens is 302 g/mol. The molecule has 1 aromatic carbocycles. The van der Waals surface area contributed by atoms with Gasteiger partial charge in [-0.05, 0) is 44.0 Å². The zero-order valence-corrected chi connectivity index (χ0v) is 13.7. The molecule has 124 valence electrons. The standard InChI is InChI=1S/C19H21N3O2/c1-14(23)16-3-2-4-17(13-16)21-19(24)15-7-11-22(12-8-15)18-5-9-20-10-6-18/h2-6,9-10,13,15H,7-8,11-12H2,1H3,(H,21,24). The van der Waals surface area contributed by atoms with Crippen LogP contribution in [0.2, 0.25) is 0 Å². The van der Waals surface area contributed by atoms with Crippen LogP contribution in [0.3, 0.4) is 0 Å². The van der Waals surface area contributed by atoms with Crippen molar-refractivity contribution >= 4 is 23.1 Å². The Morgan fingerprint density at radius 3 is 2.50 bits per heavy atom. The molecule has 1 fully saturated rings. The molecule has 5 heteroatoms. The molecule has 1 saturated heterocycles. The van der Waals surface area contributed by atoms with E-state index in [1.165, 1.54) is 6.92 Å². The topological polar surface area (TPSA) is 62.3 Å². The van der Waals surface area contributed by atoms with Gasteiger partial charge in [0.15, 0.2) is 5.78 Å². The smallest absolute Gasteiger partial charge is 0.227 e. The third-order valence-electron chi connectivity index (χ3n) is 4.43. The number of benzene rings is 1. The second-order valence-electron chi connectivity index (χ2n) is 6.09. The number of pyridine rings is 1. The molecule has 0 aliphatic carbocycles. The van der Waals surface area contributed by atoms with Crippen molar-refractivity contribution in [3.8, 4) is 0 Å². The number of amides is 1. The normalized spacial score (nSPS) is 15.1. The number of rotatable bonds is 4. The monoisotopic (exact) mass is 323 g/mol. The van der Waals surface area contributed by atoms with Crippen LogP contribution in [0.4, 0.5) is 11.4 Å². The number of Topliss-reactive ketones (excluding diaryl/α,β-unsaturated/α-hetero) is 1. The number of nitrogens with one attached hydrogen (secondary N) is 1. The predicted molar refractivity (Wildman–Crippen MR) is 94.3 cm³/mol. The molecule has 0 spiro atoms. The highest BCUT2D eigenvalue weighted by molar-refractivity contribution is 5.97. The molecule has 0 saturated carbocycles. The van der Waals surface area contributed by atoms with Crippen molar-refractivity contribution < 1.29 is 9.59 Å². The lowest BCUT2D eigenvalue weighted by molar-refractivity contribution is -0.120. The van der Waals surface area contributed by atoms with Crippen LogP contribution in [0.25, 0.3) is 0 Å². The number of piperidine rings is 1. The van der Waals surface area contributed by atoms with Crippen LogP contribution in [0.5, 0.6) is 0 Å². The second kappa shape index (κ2) is 7.25. The Morgan fingerprint density at radius 1 is 1.12 bits per heavy atom. The molecular formula is C19H21N3O2. The quantitative estimate of drug-likeness (QED) is 0.878. The number of carbonyl (C=O) groups excluding carboxylic acids is 2. The number of carbonyl (C=O) groups is 2. The highest BCUT2D eigenvalue weighted by Gasteiger charge is 2.25. The van der Waals surface area contributed by atoms with Crippen molar-refractivity contribution in [2.75, 3.05) is 23.3 Å². The lowest BCUT2D eigenvalue weighted by Crippen LogP contribution is -2.38. The fourth-order valence-electron chi connectivity index (χ4n) is 3.02. The van der Waals surface area contributed by atoms with Gasteiger partial charge in [0.05, 0.1) is 0 Å². The summed E-state index contributed by atoms with van der Waals surface area (Å²) in [4.78, 5) is 30.2. The average Bonchev–Trinajstić information content (AvgIpc) is 2.63. The van der Waals surface area contributed by atoms with Gasteiger partial charge < -0.3 is 10.2 Å². The summed E-state index contributed by atoms with van der Waals surface area (Å²) in [7, 11) is 0. The van der Waals surface area contributed by atoms with Gasteiger partial charge in [0.2, 0.25) is 5.91 Å². The van der Waals surface area contributed by atoms with Crippen molar-refractivity contribution in [2.24, 2.45) is 5.92 Å². The highest BCUT2D eigenvalue weighted by Crippen LogP contribution is 2.24. The summed E-state index contributed by atoms with van der Waals surface area (Å²) in [5.74, 6) is 0.0332. The van der Waals surface area contributed by atoms with Gasteiger partial charge in [-0.3, -0.25) is 14.6 Å². The van der Waals surface area contributed by atoms with Crippen molar-refractivity contribution in [1.82, 2.24) is 4.98 Å². The number of anilines is 2. The molecule has 3 rings (SSSR count). The Labute approximate surface area is 141 Å². The maximum absolute atomic E-state index is 12.5. The summed E-state index contributed by atoms with van der Waals surface area (Å²) in [6, 6.07) is 11.1. The number of ketones is 1. The number of hydrogen-bond donors (Lipinski definition) is 1. The van der Waals surface area contributed by atoms with Gasteiger partial charge in [0.25, 0.3) is 0 Å². The summed E-state index contributed by atoms with van der Waals surface area (Å²) in [5, 5.41) is 2.94. The first-order valence-electron chi connectivity index (χ1n) is 8.20. The van der Waals surface area contributed by atoms with Crippen molar-refractivity contribution in [2.45, 2.75) is 19.8 Å². The first kappa shape index (κ1) is 16.2. The molecule has 0 unspecified atom stereocenters. The van der Waals surface area contributed by atoms with E-state index < -0.39 is 0 Å². The van der Waals surface area contributed by atoms with E-state index in [4.69, 9.17) is 0 Å². The van der Waals surface area contributed by atoms with Gasteiger partial charge in [0, 0.05) is 48.3 Å². The fraction of sp³-hybridized carbons (Fsp3) is 0.316. The van der Waals surface area contributed by atoms with E-state index in [1.54, 1.807) is 30.6 Å². The Hall–Kier alpha value is -2.69. The summed E-state index contributed by atoms with van der Waals surface area (Å²) < 4.78 is 0. The van der Waals surface area contributed by atoms with E-state index in [2.05, 4.69) is 15.2 Å².